The highest BCUT2D eigenvalue weighted by molar-refractivity contribution is 7.26. The molecule has 0 atom stereocenters. The zero-order valence-corrected chi connectivity index (χ0v) is 27.9. The van der Waals surface area contributed by atoms with Gasteiger partial charge in [0.25, 0.3) is 0 Å². The average molecular weight is 668 g/mol. The van der Waals surface area contributed by atoms with E-state index in [-0.39, 0.29) is 0 Å². The van der Waals surface area contributed by atoms with Gasteiger partial charge >= 0.3 is 0 Å². The fourth-order valence-electron chi connectivity index (χ4n) is 8.45. The molecule has 0 aliphatic heterocycles. The predicted molar refractivity (Wildman–Crippen MR) is 214 cm³/mol. The number of aromatic nitrogens is 3. The molecule has 0 unspecified atom stereocenters. The molecule has 8 aromatic carbocycles. The second-order valence-corrected chi connectivity index (χ2v) is 14.4. The predicted octanol–water partition coefficient (Wildman–Crippen LogP) is 12.9. The molecule has 4 aromatic heterocycles. The molecule has 12 aromatic rings. The van der Waals surface area contributed by atoms with E-state index in [0.29, 0.717) is 11.5 Å². The third kappa shape index (κ3) is 3.68. The molecular weight excluding hydrogens is 643 g/mol. The number of benzene rings is 8. The molecule has 0 aliphatic carbocycles. The Balaban J connectivity index is 1.24. The Hall–Kier alpha value is -6.56. The quantitative estimate of drug-likeness (QED) is 0.176. The second kappa shape index (κ2) is 10.0. The van der Waals surface area contributed by atoms with Gasteiger partial charge in [-0.2, -0.15) is 4.98 Å². The number of furan rings is 1. The zero-order chi connectivity index (χ0) is 33.2. The van der Waals surface area contributed by atoms with E-state index in [1.807, 2.05) is 23.5 Å². The normalized spacial score (nSPS) is 12.3. The first-order valence-corrected chi connectivity index (χ1v) is 18.0. The van der Waals surface area contributed by atoms with Gasteiger partial charge in [0, 0.05) is 41.9 Å². The first-order chi connectivity index (χ1) is 25.3. The monoisotopic (exact) mass is 667 g/mol. The Morgan fingerprint density at radius 2 is 1.22 bits per heavy atom. The van der Waals surface area contributed by atoms with Crippen LogP contribution in [-0.2, 0) is 0 Å². The number of hydrogen-bond donors (Lipinski definition) is 0. The minimum atomic E-state index is 0.578. The van der Waals surface area contributed by atoms with Crippen LogP contribution in [0.3, 0.4) is 0 Å². The molecule has 0 bridgehead atoms. The fraction of sp³-hybridized carbons (Fsp3) is 0. The Morgan fingerprint density at radius 3 is 2.10 bits per heavy atom. The van der Waals surface area contributed by atoms with Gasteiger partial charge in [-0.25, -0.2) is 4.98 Å². The first-order valence-electron chi connectivity index (χ1n) is 17.2. The van der Waals surface area contributed by atoms with Crippen molar-refractivity contribution in [3.8, 4) is 28.3 Å². The smallest absolute Gasteiger partial charge is 0.233 e. The van der Waals surface area contributed by atoms with E-state index in [2.05, 4.69) is 144 Å². The van der Waals surface area contributed by atoms with Gasteiger partial charge in [0.05, 0.1) is 16.4 Å². The lowest BCUT2D eigenvalue weighted by molar-refractivity contribution is 0.653. The number of hydrogen-bond acceptors (Lipinski definition) is 4. The summed E-state index contributed by atoms with van der Waals surface area (Å²) in [6.45, 7) is 0. The first kappa shape index (κ1) is 27.3. The van der Waals surface area contributed by atoms with Crippen LogP contribution in [0.2, 0.25) is 0 Å². The molecule has 12 rings (SSSR count). The third-order valence-corrected chi connectivity index (χ3v) is 11.7. The van der Waals surface area contributed by atoms with E-state index < -0.39 is 0 Å². The van der Waals surface area contributed by atoms with E-state index >= 15 is 0 Å². The zero-order valence-electron chi connectivity index (χ0n) is 27.1. The van der Waals surface area contributed by atoms with E-state index in [0.717, 1.165) is 49.5 Å². The lowest BCUT2D eigenvalue weighted by atomic mass is 9.95. The summed E-state index contributed by atoms with van der Waals surface area (Å²) in [6, 6.07) is 54.0. The van der Waals surface area contributed by atoms with Crippen LogP contribution < -0.4 is 0 Å². The van der Waals surface area contributed by atoms with Crippen LogP contribution in [0, 0.1) is 0 Å². The highest BCUT2D eigenvalue weighted by atomic mass is 32.1. The molecule has 0 saturated heterocycles. The van der Waals surface area contributed by atoms with Crippen molar-refractivity contribution in [1.82, 2.24) is 14.5 Å². The van der Waals surface area contributed by atoms with Gasteiger partial charge in [-0.1, -0.05) is 121 Å². The van der Waals surface area contributed by atoms with E-state index in [1.165, 1.54) is 52.8 Å². The van der Waals surface area contributed by atoms with Gasteiger partial charge in [0.2, 0.25) is 5.71 Å². The minimum absolute atomic E-state index is 0.578. The topological polar surface area (TPSA) is 43.9 Å². The second-order valence-electron chi connectivity index (χ2n) is 13.3. The molecule has 4 heterocycles. The van der Waals surface area contributed by atoms with Gasteiger partial charge < -0.3 is 4.42 Å². The van der Waals surface area contributed by atoms with Gasteiger partial charge in [-0.15, -0.1) is 11.3 Å². The lowest BCUT2D eigenvalue weighted by Gasteiger charge is -2.13. The SMILES string of the molecule is c1ccc(-c2ccc(-c3nc(-n4c5cccc6ccc7c8c(cc4c7c65)sc4ccccc48)c4c(n3)oc3ccccc34)c3ccccc23)cc1. The van der Waals surface area contributed by atoms with Crippen LogP contribution in [-0.4, -0.2) is 14.5 Å². The van der Waals surface area contributed by atoms with Crippen LogP contribution in [0.1, 0.15) is 0 Å². The van der Waals surface area contributed by atoms with Crippen LogP contribution in [0.15, 0.2) is 156 Å². The van der Waals surface area contributed by atoms with E-state index in [9.17, 15) is 0 Å². The van der Waals surface area contributed by atoms with Crippen molar-refractivity contribution >= 4 is 96.9 Å². The Labute approximate surface area is 294 Å². The highest BCUT2D eigenvalue weighted by Gasteiger charge is 2.25. The molecule has 0 saturated carbocycles. The molecule has 51 heavy (non-hydrogen) atoms. The van der Waals surface area contributed by atoms with Crippen molar-refractivity contribution in [2.45, 2.75) is 0 Å². The lowest BCUT2D eigenvalue weighted by Crippen LogP contribution is -2.02. The molecule has 0 spiro atoms. The van der Waals surface area contributed by atoms with Crippen LogP contribution in [0.25, 0.3) is 114 Å². The molecular formula is C46H25N3OS. The summed E-state index contributed by atoms with van der Waals surface area (Å²) in [5, 5.41) is 11.8. The summed E-state index contributed by atoms with van der Waals surface area (Å²) in [6.07, 6.45) is 0. The molecule has 0 amide bonds. The van der Waals surface area contributed by atoms with E-state index in [1.54, 1.807) is 0 Å². The van der Waals surface area contributed by atoms with Crippen molar-refractivity contribution in [3.63, 3.8) is 0 Å². The van der Waals surface area contributed by atoms with Crippen molar-refractivity contribution in [2.75, 3.05) is 0 Å². The fourth-order valence-corrected chi connectivity index (χ4v) is 9.60. The number of thiophene rings is 1. The van der Waals surface area contributed by atoms with Crippen molar-refractivity contribution in [3.05, 3.63) is 152 Å². The molecule has 0 radical (unpaired) electrons. The van der Waals surface area contributed by atoms with Crippen molar-refractivity contribution < 1.29 is 4.42 Å². The number of nitrogens with zero attached hydrogens (tertiary/aromatic N) is 3. The largest absolute Gasteiger partial charge is 0.437 e. The summed E-state index contributed by atoms with van der Waals surface area (Å²) >= 11 is 1.85. The standard InChI is InChI=1S/C46H25N3OS/c1-2-11-26(12-3-1)28-23-24-31(30-15-5-4-14-29(28)30)44-47-45(43-32-16-6-8-19-37(32)50-46(43)48-44)49-35-18-10-13-27-21-22-34-41-33-17-7-9-20-38(33)51-39(41)25-36(49)42(34)40(27)35/h1-25H. The number of para-hydroxylation sites is 1. The number of rotatable bonds is 3. The molecule has 0 aliphatic rings. The summed E-state index contributed by atoms with van der Waals surface area (Å²) in [7, 11) is 0. The Bertz CT molecular complexity index is 3370. The van der Waals surface area contributed by atoms with Gasteiger partial charge in [0.15, 0.2) is 11.6 Å². The van der Waals surface area contributed by atoms with Crippen molar-refractivity contribution in [1.29, 1.82) is 0 Å². The Kier molecular flexibility index (Phi) is 5.35. The summed E-state index contributed by atoms with van der Waals surface area (Å²) in [4.78, 5) is 10.8. The van der Waals surface area contributed by atoms with Crippen LogP contribution in [0.5, 0.6) is 0 Å². The number of fused-ring (bicyclic) bond motifs is 8. The summed E-state index contributed by atoms with van der Waals surface area (Å²) in [5.74, 6) is 1.45. The molecule has 236 valence electrons. The highest BCUT2D eigenvalue weighted by Crippen LogP contribution is 2.47. The third-order valence-electron chi connectivity index (χ3n) is 10.6. The minimum Gasteiger partial charge on any atom is -0.437 e. The van der Waals surface area contributed by atoms with Crippen LogP contribution in [0.4, 0.5) is 0 Å². The van der Waals surface area contributed by atoms with E-state index in [4.69, 9.17) is 14.4 Å². The average Bonchev–Trinajstić information content (AvgIpc) is 3.86. The van der Waals surface area contributed by atoms with Gasteiger partial charge in [-0.3, -0.25) is 4.57 Å². The Morgan fingerprint density at radius 1 is 0.471 bits per heavy atom. The molecule has 4 nitrogen and oxygen atoms in total. The summed E-state index contributed by atoms with van der Waals surface area (Å²) in [5.41, 5.74) is 6.96. The van der Waals surface area contributed by atoms with Gasteiger partial charge in [-0.05, 0) is 63.0 Å². The maximum Gasteiger partial charge on any atom is 0.233 e. The molecule has 0 N–H and O–H groups in total. The maximum absolute atomic E-state index is 6.58. The van der Waals surface area contributed by atoms with Gasteiger partial charge in [0.1, 0.15) is 5.58 Å². The van der Waals surface area contributed by atoms with Crippen molar-refractivity contribution in [2.24, 2.45) is 0 Å². The molecule has 0 fully saturated rings. The molecule has 5 heteroatoms. The summed E-state index contributed by atoms with van der Waals surface area (Å²) < 4.78 is 11.5. The van der Waals surface area contributed by atoms with Crippen LogP contribution >= 0.6 is 11.3 Å². The maximum atomic E-state index is 6.58.